The fraction of sp³-hybridized carbons (Fsp3) is 0.300. The summed E-state index contributed by atoms with van der Waals surface area (Å²) in [5, 5.41) is 11.5. The number of likely N-dealkylation sites (tertiary alicyclic amines) is 1. The Hall–Kier alpha value is -4.53. The van der Waals surface area contributed by atoms with Crippen molar-refractivity contribution in [2.45, 2.75) is 32.9 Å². The Kier molecular flexibility index (Phi) is 7.67. The highest BCUT2D eigenvalue weighted by molar-refractivity contribution is 6.46. The van der Waals surface area contributed by atoms with Gasteiger partial charge in [0.2, 0.25) is 0 Å². The molecule has 0 radical (unpaired) electrons. The van der Waals surface area contributed by atoms with Crippen LogP contribution < -0.4 is 18.9 Å². The van der Waals surface area contributed by atoms with Crippen molar-refractivity contribution in [2.75, 3.05) is 26.4 Å². The van der Waals surface area contributed by atoms with Crippen molar-refractivity contribution in [1.29, 1.82) is 0 Å². The standard InChI is InChI=1S/C30H30N2O7/c1-3-13-37-22-7-5-20(16-24(22)36-4-2)27-26(28(33)21-6-8-23-25(17-21)39-15-14-38-23)29(34)30(35)32(27)18-19-9-11-31-12-10-19/h5-12,16-17,27,33H,3-4,13-15,18H2,1-2H3/b28-26+/t27-/m1/s1. The topological polar surface area (TPSA) is 107 Å². The molecular weight excluding hydrogens is 500 g/mol. The highest BCUT2D eigenvalue weighted by Gasteiger charge is 2.46. The van der Waals surface area contributed by atoms with Gasteiger partial charge in [0.25, 0.3) is 11.7 Å². The fourth-order valence-corrected chi connectivity index (χ4v) is 4.71. The van der Waals surface area contributed by atoms with Crippen molar-refractivity contribution in [3.63, 3.8) is 0 Å². The number of pyridine rings is 1. The van der Waals surface area contributed by atoms with Gasteiger partial charge in [0, 0.05) is 24.5 Å². The zero-order valence-corrected chi connectivity index (χ0v) is 21.9. The highest BCUT2D eigenvalue weighted by atomic mass is 16.6. The minimum atomic E-state index is -0.870. The predicted molar refractivity (Wildman–Crippen MR) is 143 cm³/mol. The van der Waals surface area contributed by atoms with Gasteiger partial charge in [-0.3, -0.25) is 14.6 Å². The van der Waals surface area contributed by atoms with Gasteiger partial charge in [-0.1, -0.05) is 13.0 Å². The van der Waals surface area contributed by atoms with Crippen LogP contribution in [0, 0.1) is 0 Å². The van der Waals surface area contributed by atoms with Crippen LogP contribution in [0.1, 0.15) is 43.0 Å². The lowest BCUT2D eigenvalue weighted by Crippen LogP contribution is -2.29. The van der Waals surface area contributed by atoms with Gasteiger partial charge in [-0.15, -0.1) is 0 Å². The van der Waals surface area contributed by atoms with E-state index in [0.717, 1.165) is 12.0 Å². The summed E-state index contributed by atoms with van der Waals surface area (Å²) in [5.41, 5.74) is 1.73. The van der Waals surface area contributed by atoms with Gasteiger partial charge in [-0.2, -0.15) is 0 Å². The number of ether oxygens (including phenoxy) is 4. The number of hydrogen-bond acceptors (Lipinski definition) is 8. The number of fused-ring (bicyclic) bond motifs is 1. The minimum absolute atomic E-state index is 0.0181. The molecule has 1 aromatic heterocycles. The maximum Gasteiger partial charge on any atom is 0.295 e. The largest absolute Gasteiger partial charge is 0.507 e. The first-order valence-corrected chi connectivity index (χ1v) is 13.0. The first-order valence-electron chi connectivity index (χ1n) is 13.0. The van der Waals surface area contributed by atoms with Crippen LogP contribution in [0.3, 0.4) is 0 Å². The molecule has 202 valence electrons. The Morgan fingerprint density at radius 2 is 1.74 bits per heavy atom. The Morgan fingerprint density at radius 3 is 2.49 bits per heavy atom. The summed E-state index contributed by atoms with van der Waals surface area (Å²) < 4.78 is 23.0. The van der Waals surface area contributed by atoms with E-state index >= 15 is 0 Å². The number of rotatable bonds is 9. The molecule has 2 aliphatic rings. The van der Waals surface area contributed by atoms with E-state index in [1.165, 1.54) is 4.90 Å². The summed E-state index contributed by atoms with van der Waals surface area (Å²) in [4.78, 5) is 32.4. The van der Waals surface area contributed by atoms with E-state index in [9.17, 15) is 14.7 Å². The predicted octanol–water partition coefficient (Wildman–Crippen LogP) is 4.66. The molecule has 0 bridgehead atoms. The van der Waals surface area contributed by atoms with Crippen molar-refractivity contribution >= 4 is 17.4 Å². The third kappa shape index (κ3) is 5.25. The molecule has 2 aromatic carbocycles. The summed E-state index contributed by atoms with van der Waals surface area (Å²) >= 11 is 0. The van der Waals surface area contributed by atoms with E-state index in [-0.39, 0.29) is 17.9 Å². The lowest BCUT2D eigenvalue weighted by molar-refractivity contribution is -0.140. The molecule has 9 nitrogen and oxygen atoms in total. The number of aromatic nitrogens is 1. The monoisotopic (exact) mass is 530 g/mol. The third-order valence-electron chi connectivity index (χ3n) is 6.50. The third-order valence-corrected chi connectivity index (χ3v) is 6.50. The Bertz CT molecular complexity index is 1400. The highest BCUT2D eigenvalue weighted by Crippen LogP contribution is 2.43. The molecule has 9 heteroatoms. The van der Waals surface area contributed by atoms with Crippen molar-refractivity contribution in [3.8, 4) is 23.0 Å². The molecule has 0 unspecified atom stereocenters. The summed E-state index contributed by atoms with van der Waals surface area (Å²) in [6, 6.07) is 13.0. The van der Waals surface area contributed by atoms with E-state index in [1.54, 1.807) is 60.9 Å². The summed E-state index contributed by atoms with van der Waals surface area (Å²) in [6.07, 6.45) is 4.08. The van der Waals surface area contributed by atoms with Gasteiger partial charge >= 0.3 is 0 Å². The lowest BCUT2D eigenvalue weighted by atomic mass is 9.94. The van der Waals surface area contributed by atoms with Crippen molar-refractivity contribution in [2.24, 2.45) is 0 Å². The molecule has 0 spiro atoms. The number of aliphatic hydroxyl groups is 1. The van der Waals surface area contributed by atoms with E-state index in [2.05, 4.69) is 4.98 Å². The van der Waals surface area contributed by atoms with Gasteiger partial charge < -0.3 is 29.0 Å². The van der Waals surface area contributed by atoms with Gasteiger partial charge in [0.15, 0.2) is 23.0 Å². The van der Waals surface area contributed by atoms with Crippen molar-refractivity contribution < 1.29 is 33.6 Å². The van der Waals surface area contributed by atoms with Gasteiger partial charge in [-0.05, 0) is 66.9 Å². The Balaban J connectivity index is 1.63. The number of hydrogen-bond donors (Lipinski definition) is 1. The molecule has 1 N–H and O–H groups in total. The molecule has 2 aliphatic heterocycles. The van der Waals surface area contributed by atoms with Crippen molar-refractivity contribution in [3.05, 3.63) is 83.2 Å². The molecule has 3 heterocycles. The molecule has 5 rings (SSSR count). The van der Waals surface area contributed by atoms with Crippen LogP contribution in [0.2, 0.25) is 0 Å². The second kappa shape index (κ2) is 11.5. The maximum absolute atomic E-state index is 13.5. The number of Topliss-reactive ketones (excluding diaryl/α,β-unsaturated/α-hetero) is 1. The maximum atomic E-state index is 13.5. The average Bonchev–Trinajstić information content (AvgIpc) is 3.21. The SMILES string of the molecule is CCCOc1ccc([C@@H]2/C(=C(\O)c3ccc4c(c3)OCCO4)C(=O)C(=O)N2Cc2ccncc2)cc1OCC. The smallest absolute Gasteiger partial charge is 0.295 e. The molecular formula is C30H30N2O7. The second-order valence-corrected chi connectivity index (χ2v) is 9.13. The first kappa shape index (κ1) is 26.1. The van der Waals surface area contributed by atoms with E-state index in [0.29, 0.717) is 60.6 Å². The number of benzene rings is 2. The number of amides is 1. The lowest BCUT2D eigenvalue weighted by Gasteiger charge is -2.26. The summed E-state index contributed by atoms with van der Waals surface area (Å²) in [7, 11) is 0. The second-order valence-electron chi connectivity index (χ2n) is 9.13. The molecule has 1 atom stereocenters. The van der Waals surface area contributed by atoms with Crippen LogP contribution >= 0.6 is 0 Å². The van der Waals surface area contributed by atoms with Crippen LogP contribution in [-0.4, -0.2) is 53.1 Å². The van der Waals surface area contributed by atoms with Crippen molar-refractivity contribution in [1.82, 2.24) is 9.88 Å². The Labute approximate surface area is 226 Å². The van der Waals surface area contributed by atoms with Crippen LogP contribution in [0.25, 0.3) is 5.76 Å². The molecule has 3 aromatic rings. The van der Waals surface area contributed by atoms with Gasteiger partial charge in [0.1, 0.15) is 19.0 Å². The molecule has 1 saturated heterocycles. The van der Waals surface area contributed by atoms with E-state index in [4.69, 9.17) is 18.9 Å². The zero-order valence-electron chi connectivity index (χ0n) is 21.9. The van der Waals surface area contributed by atoms with Gasteiger partial charge in [0.05, 0.1) is 24.8 Å². The number of aliphatic hydroxyl groups excluding tert-OH is 1. The van der Waals surface area contributed by atoms with Crippen LogP contribution in [0.15, 0.2) is 66.5 Å². The zero-order chi connectivity index (χ0) is 27.4. The number of nitrogens with zero attached hydrogens (tertiary/aromatic N) is 2. The summed E-state index contributed by atoms with van der Waals surface area (Å²) in [5.74, 6) is 0.306. The summed E-state index contributed by atoms with van der Waals surface area (Å²) in [6.45, 7) is 5.75. The molecule has 1 amide bonds. The Morgan fingerprint density at radius 1 is 0.974 bits per heavy atom. The molecule has 1 fully saturated rings. The average molecular weight is 531 g/mol. The fourth-order valence-electron chi connectivity index (χ4n) is 4.71. The van der Waals surface area contributed by atoms with Crippen LogP contribution in [-0.2, 0) is 16.1 Å². The van der Waals surface area contributed by atoms with E-state index < -0.39 is 17.7 Å². The quantitative estimate of drug-likeness (QED) is 0.242. The molecule has 0 aliphatic carbocycles. The molecule has 39 heavy (non-hydrogen) atoms. The number of ketones is 1. The number of carbonyl (C=O) groups excluding carboxylic acids is 2. The number of carbonyl (C=O) groups is 2. The first-order chi connectivity index (χ1) is 19.0. The molecule has 0 saturated carbocycles. The minimum Gasteiger partial charge on any atom is -0.507 e. The van der Waals surface area contributed by atoms with Crippen LogP contribution in [0.4, 0.5) is 0 Å². The van der Waals surface area contributed by atoms with Crippen LogP contribution in [0.5, 0.6) is 23.0 Å². The normalized spacial score (nSPS) is 17.8. The van der Waals surface area contributed by atoms with E-state index in [1.807, 2.05) is 13.8 Å². The van der Waals surface area contributed by atoms with Gasteiger partial charge in [-0.25, -0.2) is 0 Å².